The average molecular weight is 203 g/mol. The summed E-state index contributed by atoms with van der Waals surface area (Å²) in [6, 6.07) is 0. The first-order valence-electron chi connectivity index (χ1n) is 5.98. The highest BCUT2D eigenvalue weighted by Crippen LogP contribution is 2.29. The van der Waals surface area contributed by atoms with Crippen LogP contribution >= 0.6 is 0 Å². The molecule has 0 saturated heterocycles. The van der Waals surface area contributed by atoms with Gasteiger partial charge in [-0.2, -0.15) is 0 Å². The Morgan fingerprint density at radius 1 is 1.27 bits per heavy atom. The van der Waals surface area contributed by atoms with Crippen LogP contribution in [0, 0.1) is 17.8 Å². The Kier molecular flexibility index (Phi) is 3.11. The molecule has 15 heavy (non-hydrogen) atoms. The molecule has 0 aromatic rings. The number of rotatable bonds is 1. The van der Waals surface area contributed by atoms with E-state index in [1.807, 2.05) is 0 Å². The van der Waals surface area contributed by atoms with E-state index in [4.69, 9.17) is 0 Å². The highest BCUT2D eigenvalue weighted by atomic mass is 14.9. The summed E-state index contributed by atoms with van der Waals surface area (Å²) in [5.41, 5.74) is 3.05. The lowest BCUT2D eigenvalue weighted by atomic mass is 9.83. The summed E-state index contributed by atoms with van der Waals surface area (Å²) in [5, 5.41) is 3.51. The second-order valence-corrected chi connectivity index (χ2v) is 5.04. The van der Waals surface area contributed by atoms with Crippen LogP contribution in [0.4, 0.5) is 0 Å². The van der Waals surface area contributed by atoms with Crippen molar-refractivity contribution in [3.63, 3.8) is 0 Å². The summed E-state index contributed by atoms with van der Waals surface area (Å²) in [5.74, 6) is 1.97. The van der Waals surface area contributed by atoms with Crippen LogP contribution in [-0.2, 0) is 0 Å². The maximum absolute atomic E-state index is 3.51. The van der Waals surface area contributed by atoms with Crippen LogP contribution in [0.1, 0.15) is 20.8 Å². The van der Waals surface area contributed by atoms with Gasteiger partial charge in [0.25, 0.3) is 0 Å². The third-order valence-corrected chi connectivity index (χ3v) is 3.44. The molecule has 0 spiro atoms. The van der Waals surface area contributed by atoms with Gasteiger partial charge in [-0.25, -0.2) is 0 Å². The van der Waals surface area contributed by atoms with Crippen molar-refractivity contribution in [3.8, 4) is 0 Å². The lowest BCUT2D eigenvalue weighted by Crippen LogP contribution is -2.34. The van der Waals surface area contributed by atoms with Crippen molar-refractivity contribution < 1.29 is 0 Å². The van der Waals surface area contributed by atoms with Crippen LogP contribution in [0.5, 0.6) is 0 Å². The predicted octanol–water partition coefficient (Wildman–Crippen LogP) is 2.92. The second-order valence-electron chi connectivity index (χ2n) is 5.04. The molecule has 1 aliphatic heterocycles. The topological polar surface area (TPSA) is 12.0 Å². The summed E-state index contributed by atoms with van der Waals surface area (Å²) in [6.45, 7) is 9.03. The summed E-state index contributed by atoms with van der Waals surface area (Å²) < 4.78 is 0. The first kappa shape index (κ1) is 10.7. The molecule has 0 aromatic carbocycles. The van der Waals surface area contributed by atoms with E-state index in [1.165, 1.54) is 5.57 Å². The highest BCUT2D eigenvalue weighted by Gasteiger charge is 2.23. The third-order valence-electron chi connectivity index (χ3n) is 3.44. The molecule has 2 unspecified atom stereocenters. The molecule has 0 amide bonds. The molecule has 1 heteroatoms. The fourth-order valence-electron chi connectivity index (χ4n) is 2.38. The molecule has 1 heterocycles. The van der Waals surface area contributed by atoms with Gasteiger partial charge >= 0.3 is 0 Å². The Bertz CT molecular complexity index is 320. The lowest BCUT2D eigenvalue weighted by Gasteiger charge is -2.29. The standard InChI is InChI=1S/C14H21N/c1-10(2)14-9-15-8-12-6-4-11(3)5-7-13(12)14/h4-7,10-11,14-15H,8-9H2,1-3H3. The molecule has 2 aliphatic rings. The minimum Gasteiger partial charge on any atom is -0.312 e. The van der Waals surface area contributed by atoms with Crippen molar-refractivity contribution in [1.82, 2.24) is 5.32 Å². The molecule has 0 radical (unpaired) electrons. The Hall–Kier alpha value is -0.820. The number of nitrogens with one attached hydrogen (secondary N) is 1. The van der Waals surface area contributed by atoms with Gasteiger partial charge in [0.05, 0.1) is 0 Å². The quantitative estimate of drug-likeness (QED) is 0.691. The Morgan fingerprint density at radius 2 is 2.00 bits per heavy atom. The van der Waals surface area contributed by atoms with Crippen molar-refractivity contribution in [2.75, 3.05) is 13.1 Å². The predicted molar refractivity (Wildman–Crippen MR) is 65.7 cm³/mol. The van der Waals surface area contributed by atoms with E-state index in [9.17, 15) is 0 Å². The maximum Gasteiger partial charge on any atom is 0.0208 e. The zero-order valence-electron chi connectivity index (χ0n) is 9.96. The van der Waals surface area contributed by atoms with Gasteiger partial charge in [0, 0.05) is 13.1 Å². The fourth-order valence-corrected chi connectivity index (χ4v) is 2.38. The maximum atomic E-state index is 3.51. The van der Waals surface area contributed by atoms with Gasteiger partial charge in [0.1, 0.15) is 0 Å². The fraction of sp³-hybridized carbons (Fsp3) is 0.571. The molecular formula is C14H21N. The largest absolute Gasteiger partial charge is 0.312 e. The molecule has 82 valence electrons. The average Bonchev–Trinajstić information content (AvgIpc) is 2.40. The first-order valence-corrected chi connectivity index (χ1v) is 5.98. The molecule has 0 aromatic heterocycles. The van der Waals surface area contributed by atoms with Crippen LogP contribution in [0.2, 0.25) is 0 Å². The molecule has 2 atom stereocenters. The van der Waals surface area contributed by atoms with Crippen LogP contribution < -0.4 is 5.32 Å². The molecule has 1 N–H and O–H groups in total. The Balaban J connectivity index is 2.33. The van der Waals surface area contributed by atoms with Crippen molar-refractivity contribution in [3.05, 3.63) is 35.5 Å². The minimum atomic E-state index is 0.573. The SMILES string of the molecule is CC1C=CC2=C(C=C1)C(C(C)C)CNC2. The van der Waals surface area contributed by atoms with Crippen molar-refractivity contribution >= 4 is 0 Å². The molecule has 0 saturated carbocycles. The van der Waals surface area contributed by atoms with Gasteiger partial charge in [-0.3, -0.25) is 0 Å². The van der Waals surface area contributed by atoms with Crippen molar-refractivity contribution in [1.29, 1.82) is 0 Å². The summed E-state index contributed by atoms with van der Waals surface area (Å²) in [7, 11) is 0. The Morgan fingerprint density at radius 3 is 2.73 bits per heavy atom. The zero-order chi connectivity index (χ0) is 10.8. The van der Waals surface area contributed by atoms with Gasteiger partial charge < -0.3 is 5.32 Å². The van der Waals surface area contributed by atoms with E-state index >= 15 is 0 Å². The van der Waals surface area contributed by atoms with Gasteiger partial charge in [0.2, 0.25) is 0 Å². The lowest BCUT2D eigenvalue weighted by molar-refractivity contribution is 0.408. The van der Waals surface area contributed by atoms with Gasteiger partial charge in [-0.05, 0) is 28.9 Å². The van der Waals surface area contributed by atoms with E-state index in [1.54, 1.807) is 5.57 Å². The smallest absolute Gasteiger partial charge is 0.0208 e. The summed E-state index contributed by atoms with van der Waals surface area (Å²) in [6.07, 6.45) is 9.27. The van der Waals surface area contributed by atoms with E-state index in [-0.39, 0.29) is 0 Å². The molecular weight excluding hydrogens is 182 g/mol. The zero-order valence-corrected chi connectivity index (χ0v) is 9.96. The van der Waals surface area contributed by atoms with Crippen LogP contribution in [0.25, 0.3) is 0 Å². The van der Waals surface area contributed by atoms with Crippen molar-refractivity contribution in [2.45, 2.75) is 20.8 Å². The number of hydrogen-bond acceptors (Lipinski definition) is 1. The van der Waals surface area contributed by atoms with Gasteiger partial charge in [-0.15, -0.1) is 0 Å². The highest BCUT2D eigenvalue weighted by molar-refractivity contribution is 5.41. The normalized spacial score (nSPS) is 30.7. The monoisotopic (exact) mass is 203 g/mol. The van der Waals surface area contributed by atoms with E-state index in [2.05, 4.69) is 50.4 Å². The Labute approximate surface area is 93.0 Å². The van der Waals surface area contributed by atoms with E-state index < -0.39 is 0 Å². The van der Waals surface area contributed by atoms with E-state index in [0.29, 0.717) is 17.8 Å². The number of hydrogen-bond donors (Lipinski definition) is 1. The van der Waals surface area contributed by atoms with Crippen molar-refractivity contribution in [2.24, 2.45) is 17.8 Å². The summed E-state index contributed by atoms with van der Waals surface area (Å²) in [4.78, 5) is 0. The number of allylic oxidation sites excluding steroid dienone is 3. The van der Waals surface area contributed by atoms with Gasteiger partial charge in [-0.1, -0.05) is 45.1 Å². The molecule has 0 bridgehead atoms. The molecule has 2 rings (SSSR count). The first-order chi connectivity index (χ1) is 7.18. The van der Waals surface area contributed by atoms with Gasteiger partial charge in [0.15, 0.2) is 0 Å². The summed E-state index contributed by atoms with van der Waals surface area (Å²) >= 11 is 0. The molecule has 0 fully saturated rings. The molecule has 1 aliphatic carbocycles. The van der Waals surface area contributed by atoms with Crippen LogP contribution in [0.15, 0.2) is 35.5 Å². The van der Waals surface area contributed by atoms with Crippen LogP contribution in [-0.4, -0.2) is 13.1 Å². The molecule has 1 nitrogen and oxygen atoms in total. The van der Waals surface area contributed by atoms with Crippen LogP contribution in [0.3, 0.4) is 0 Å². The third kappa shape index (κ3) is 2.23. The second kappa shape index (κ2) is 4.36. The minimum absolute atomic E-state index is 0.573. The van der Waals surface area contributed by atoms with E-state index in [0.717, 1.165) is 13.1 Å².